The first kappa shape index (κ1) is 31.4. The number of benzene rings is 3. The zero-order valence-corrected chi connectivity index (χ0v) is 27.0. The third kappa shape index (κ3) is 6.82. The minimum absolute atomic E-state index is 0.162. The Bertz CT molecular complexity index is 1360. The van der Waals surface area contributed by atoms with Crippen LogP contribution in [-0.4, -0.2) is 53.4 Å². The molecule has 234 valence electrons. The van der Waals surface area contributed by atoms with Gasteiger partial charge in [-0.2, -0.15) is 0 Å². The van der Waals surface area contributed by atoms with Crippen LogP contribution in [0.5, 0.6) is 0 Å². The number of nitrogens with one attached hydrogen (secondary N) is 1. The molecule has 7 rings (SSSR count). The summed E-state index contributed by atoms with van der Waals surface area (Å²) in [6, 6.07) is 27.3. The molecule has 5 nitrogen and oxygen atoms in total. The number of para-hydroxylation sites is 1. The van der Waals surface area contributed by atoms with Crippen LogP contribution in [-0.2, 0) is 4.79 Å². The molecule has 2 saturated heterocycles. The summed E-state index contributed by atoms with van der Waals surface area (Å²) in [6.45, 7) is 2.57. The molecule has 1 spiro atoms. The van der Waals surface area contributed by atoms with Gasteiger partial charge in [-0.05, 0) is 92.0 Å². The normalized spacial score (nSPS) is 27.0. The number of hydrogen-bond acceptors (Lipinski definition) is 4. The number of amides is 1. The second-order valence-electron chi connectivity index (χ2n) is 13.0. The molecule has 4 aliphatic rings. The van der Waals surface area contributed by atoms with Gasteiger partial charge in [-0.25, -0.2) is 0 Å². The molecule has 0 bridgehead atoms. The molecular formula is C37H45Cl2N3O2. The van der Waals surface area contributed by atoms with Crippen molar-refractivity contribution in [1.82, 2.24) is 10.2 Å². The van der Waals surface area contributed by atoms with Crippen molar-refractivity contribution >= 4 is 34.8 Å². The van der Waals surface area contributed by atoms with E-state index in [0.717, 1.165) is 60.9 Å². The maximum Gasteiger partial charge on any atom is 0.247 e. The summed E-state index contributed by atoms with van der Waals surface area (Å²) >= 11 is 12.0. The molecule has 2 aliphatic carbocycles. The summed E-state index contributed by atoms with van der Waals surface area (Å²) in [5, 5.41) is 14.5. The average Bonchev–Trinajstić information content (AvgIpc) is 3.38. The second-order valence-corrected chi connectivity index (χ2v) is 13.9. The van der Waals surface area contributed by atoms with Gasteiger partial charge in [0.1, 0.15) is 5.54 Å². The quantitative estimate of drug-likeness (QED) is 0.304. The number of aliphatic hydroxyl groups excluding tert-OH is 1. The smallest absolute Gasteiger partial charge is 0.247 e. The molecule has 44 heavy (non-hydrogen) atoms. The predicted molar refractivity (Wildman–Crippen MR) is 181 cm³/mol. The molecule has 0 radical (unpaired) electrons. The highest BCUT2D eigenvalue weighted by Gasteiger charge is 2.51. The number of carbonyl (C=O) groups is 1. The maximum absolute atomic E-state index is 13.0. The number of rotatable bonds is 4. The van der Waals surface area contributed by atoms with E-state index in [0.29, 0.717) is 24.5 Å². The van der Waals surface area contributed by atoms with E-state index in [4.69, 9.17) is 23.2 Å². The van der Waals surface area contributed by atoms with Gasteiger partial charge in [0.2, 0.25) is 5.91 Å². The van der Waals surface area contributed by atoms with E-state index in [1.807, 2.05) is 42.5 Å². The predicted octanol–water partition coefficient (Wildman–Crippen LogP) is 8.15. The van der Waals surface area contributed by atoms with Crippen LogP contribution in [0.1, 0.15) is 87.2 Å². The van der Waals surface area contributed by atoms with Gasteiger partial charge in [-0.15, -0.1) is 0 Å². The van der Waals surface area contributed by atoms with Crippen molar-refractivity contribution in [3.8, 4) is 0 Å². The largest absolute Gasteiger partial charge is 0.392 e. The van der Waals surface area contributed by atoms with Crippen molar-refractivity contribution in [3.05, 3.63) is 100 Å². The van der Waals surface area contributed by atoms with Crippen molar-refractivity contribution < 1.29 is 9.90 Å². The summed E-state index contributed by atoms with van der Waals surface area (Å²) in [5.74, 6) is 1.08. The third-order valence-corrected chi connectivity index (χ3v) is 11.1. The summed E-state index contributed by atoms with van der Waals surface area (Å²) in [5.41, 5.74) is 3.37. The van der Waals surface area contributed by atoms with Crippen molar-refractivity contribution in [1.29, 1.82) is 0 Å². The molecule has 4 fully saturated rings. The summed E-state index contributed by atoms with van der Waals surface area (Å²) in [7, 11) is 0. The number of nitrogens with zero attached hydrogens (tertiary/aromatic N) is 2. The minimum atomic E-state index is -0.401. The number of piperidine rings is 1. The Hall–Kier alpha value is -2.57. The van der Waals surface area contributed by atoms with E-state index in [-0.39, 0.29) is 12.0 Å². The highest BCUT2D eigenvalue weighted by molar-refractivity contribution is 6.30. The highest BCUT2D eigenvalue weighted by Crippen LogP contribution is 2.41. The van der Waals surface area contributed by atoms with Crippen LogP contribution in [0.4, 0.5) is 5.69 Å². The Morgan fingerprint density at radius 2 is 1.25 bits per heavy atom. The molecule has 0 aromatic heterocycles. The maximum atomic E-state index is 13.0. The lowest BCUT2D eigenvalue weighted by atomic mass is 9.77. The summed E-state index contributed by atoms with van der Waals surface area (Å²) < 4.78 is 0. The van der Waals surface area contributed by atoms with Gasteiger partial charge < -0.3 is 15.3 Å². The van der Waals surface area contributed by atoms with Gasteiger partial charge >= 0.3 is 0 Å². The number of halogens is 2. The fourth-order valence-electron chi connectivity index (χ4n) is 8.12. The number of hydrogen-bond donors (Lipinski definition) is 2. The molecule has 2 N–H and O–H groups in total. The molecule has 2 aliphatic heterocycles. The van der Waals surface area contributed by atoms with E-state index >= 15 is 0 Å². The van der Waals surface area contributed by atoms with Crippen LogP contribution in [0.2, 0.25) is 10.0 Å². The molecule has 4 atom stereocenters. The Balaban J connectivity index is 0.000000205. The molecule has 7 heteroatoms. The van der Waals surface area contributed by atoms with Gasteiger partial charge in [-0.3, -0.25) is 9.69 Å². The molecule has 3 aromatic rings. The number of aliphatic hydroxyl groups is 1. The Morgan fingerprint density at radius 3 is 1.86 bits per heavy atom. The fourth-order valence-corrected chi connectivity index (χ4v) is 8.37. The lowest BCUT2D eigenvalue weighted by molar-refractivity contribution is -0.125. The Morgan fingerprint density at radius 1 is 0.705 bits per heavy atom. The Labute approximate surface area is 272 Å². The van der Waals surface area contributed by atoms with Crippen molar-refractivity contribution in [2.45, 2.75) is 93.7 Å². The first-order valence-corrected chi connectivity index (χ1v) is 17.2. The van der Waals surface area contributed by atoms with Gasteiger partial charge in [0.15, 0.2) is 0 Å². The molecule has 2 saturated carbocycles. The van der Waals surface area contributed by atoms with Gasteiger partial charge in [0.25, 0.3) is 0 Å². The van der Waals surface area contributed by atoms with Crippen molar-refractivity contribution in [2.75, 3.05) is 24.7 Å². The van der Waals surface area contributed by atoms with Crippen molar-refractivity contribution in [3.63, 3.8) is 0 Å². The van der Waals surface area contributed by atoms with E-state index in [1.165, 1.54) is 43.2 Å². The standard InChI is InChI=1S/C25H30ClN3O.C12H15ClO/c26-20-12-10-19(11-13-20)22-8-4-5-9-23(22)28-16-14-25(15-17-28)24(30)27-18-29(25)21-6-2-1-3-7-21;13-10-7-5-9(6-8-10)11-3-1-2-4-12(11)14/h1-3,6-7,10-13,22-23H,4-5,8-9,14-18H2,(H,27,30);5-8,11-12,14H,1-4H2. The highest BCUT2D eigenvalue weighted by atomic mass is 35.5. The SMILES string of the molecule is O=C1NCN(c2ccccc2)C12CCN(C1CCCCC1c1ccc(Cl)cc1)CC2.OC1CCCCC1c1ccc(Cl)cc1. The topological polar surface area (TPSA) is 55.8 Å². The van der Waals surface area contributed by atoms with Gasteiger partial charge in [-0.1, -0.05) is 91.3 Å². The summed E-state index contributed by atoms with van der Waals surface area (Å²) in [4.78, 5) is 17.9. The molecule has 4 unspecified atom stereocenters. The Kier molecular flexibility index (Phi) is 10.2. The second kappa shape index (κ2) is 14.2. The van der Waals surface area contributed by atoms with Gasteiger partial charge in [0, 0.05) is 40.8 Å². The van der Waals surface area contributed by atoms with E-state index < -0.39 is 5.54 Å². The third-order valence-electron chi connectivity index (χ3n) is 10.6. The van der Waals surface area contributed by atoms with Crippen LogP contribution < -0.4 is 10.2 Å². The number of anilines is 1. The van der Waals surface area contributed by atoms with E-state index in [9.17, 15) is 9.90 Å². The number of carbonyl (C=O) groups excluding carboxylic acids is 1. The number of likely N-dealkylation sites (tertiary alicyclic amines) is 1. The monoisotopic (exact) mass is 633 g/mol. The lowest BCUT2D eigenvalue weighted by Crippen LogP contribution is -2.58. The molecule has 2 heterocycles. The summed E-state index contributed by atoms with van der Waals surface area (Å²) in [6.07, 6.45) is 11.1. The molecule has 3 aromatic carbocycles. The van der Waals surface area contributed by atoms with Crippen LogP contribution in [0.3, 0.4) is 0 Å². The van der Waals surface area contributed by atoms with E-state index in [2.05, 4.69) is 51.5 Å². The van der Waals surface area contributed by atoms with Crippen LogP contribution in [0.15, 0.2) is 78.9 Å². The first-order chi connectivity index (χ1) is 21.4. The first-order valence-electron chi connectivity index (χ1n) is 16.5. The average molecular weight is 635 g/mol. The fraction of sp³-hybridized carbons (Fsp3) is 0.486. The molecule has 1 amide bonds. The van der Waals surface area contributed by atoms with Crippen LogP contribution in [0, 0.1) is 0 Å². The van der Waals surface area contributed by atoms with Crippen LogP contribution >= 0.6 is 23.2 Å². The lowest BCUT2D eigenvalue weighted by Gasteiger charge is -2.48. The van der Waals surface area contributed by atoms with Gasteiger partial charge in [0.05, 0.1) is 12.8 Å². The van der Waals surface area contributed by atoms with E-state index in [1.54, 1.807) is 0 Å². The zero-order valence-electron chi connectivity index (χ0n) is 25.5. The van der Waals surface area contributed by atoms with Crippen LogP contribution in [0.25, 0.3) is 0 Å². The van der Waals surface area contributed by atoms with Crippen molar-refractivity contribution in [2.24, 2.45) is 0 Å². The minimum Gasteiger partial charge on any atom is -0.392 e. The molecular weight excluding hydrogens is 589 g/mol. The zero-order chi connectivity index (χ0) is 30.5.